The molecule has 2 aromatic heterocycles. The maximum absolute atomic E-state index is 13.3. The number of ether oxygens (including phenoxy) is 1. The van der Waals surface area contributed by atoms with Crippen molar-refractivity contribution in [2.24, 2.45) is 5.41 Å². The Balaban J connectivity index is 1.68. The second-order valence-electron chi connectivity index (χ2n) is 8.13. The first-order valence-electron chi connectivity index (χ1n) is 8.91. The molecule has 2 aliphatic heterocycles. The van der Waals surface area contributed by atoms with E-state index in [0.717, 1.165) is 29.0 Å². The molecule has 2 aliphatic rings. The number of H-pyrrole nitrogens is 1. The van der Waals surface area contributed by atoms with Gasteiger partial charge in [0.1, 0.15) is 5.76 Å². The van der Waals surface area contributed by atoms with Crippen LogP contribution < -0.4 is 0 Å². The molecule has 134 valence electrons. The SMILES string of the molecule is C[C@@H]1Cc2c(C(=O)N3Cc4ccoc4CC(C)(C)C3)n[nH]c2[C@H](C)O1. The minimum absolute atomic E-state index is 0.0130. The van der Waals surface area contributed by atoms with Crippen LogP contribution in [0.3, 0.4) is 0 Å². The Morgan fingerprint density at radius 1 is 1.40 bits per heavy atom. The van der Waals surface area contributed by atoms with Gasteiger partial charge in [-0.1, -0.05) is 13.8 Å². The zero-order valence-electron chi connectivity index (χ0n) is 15.3. The highest BCUT2D eigenvalue weighted by molar-refractivity contribution is 5.94. The predicted octanol–water partition coefficient (Wildman–Crippen LogP) is 3.25. The van der Waals surface area contributed by atoms with Crippen molar-refractivity contribution in [2.45, 2.75) is 59.3 Å². The van der Waals surface area contributed by atoms with E-state index in [1.807, 2.05) is 24.8 Å². The van der Waals surface area contributed by atoms with Crippen LogP contribution in [0.15, 0.2) is 16.7 Å². The monoisotopic (exact) mass is 343 g/mol. The Hall–Kier alpha value is -2.08. The van der Waals surface area contributed by atoms with E-state index in [1.54, 1.807) is 6.26 Å². The highest BCUT2D eigenvalue weighted by Gasteiger charge is 2.36. The van der Waals surface area contributed by atoms with Gasteiger partial charge in [-0.25, -0.2) is 0 Å². The number of rotatable bonds is 1. The first kappa shape index (κ1) is 16.4. The molecule has 0 fully saturated rings. The van der Waals surface area contributed by atoms with Crippen molar-refractivity contribution in [3.05, 3.63) is 40.6 Å². The van der Waals surface area contributed by atoms with E-state index in [1.165, 1.54) is 0 Å². The number of aromatic nitrogens is 2. The second-order valence-corrected chi connectivity index (χ2v) is 8.13. The van der Waals surface area contributed by atoms with Gasteiger partial charge in [0.15, 0.2) is 5.69 Å². The molecule has 4 rings (SSSR count). The van der Waals surface area contributed by atoms with Gasteiger partial charge in [0.2, 0.25) is 0 Å². The number of carbonyl (C=O) groups is 1. The minimum atomic E-state index is -0.0612. The normalized spacial score (nSPS) is 25.2. The summed E-state index contributed by atoms with van der Waals surface area (Å²) in [5.41, 5.74) is 3.53. The number of amides is 1. The number of hydrogen-bond acceptors (Lipinski definition) is 4. The van der Waals surface area contributed by atoms with E-state index in [0.29, 0.717) is 25.2 Å². The lowest BCUT2D eigenvalue weighted by atomic mass is 9.88. The number of aromatic amines is 1. The Bertz CT molecular complexity index is 805. The molecule has 2 atom stereocenters. The first-order valence-corrected chi connectivity index (χ1v) is 8.91. The van der Waals surface area contributed by atoms with Crippen molar-refractivity contribution in [2.75, 3.05) is 6.54 Å². The number of furan rings is 1. The molecular formula is C19H25N3O3. The van der Waals surface area contributed by atoms with Crippen LogP contribution in [-0.4, -0.2) is 33.7 Å². The van der Waals surface area contributed by atoms with Gasteiger partial charge in [-0.3, -0.25) is 9.89 Å². The Labute approximate surface area is 147 Å². The fourth-order valence-electron chi connectivity index (χ4n) is 4.08. The zero-order valence-corrected chi connectivity index (χ0v) is 15.3. The largest absolute Gasteiger partial charge is 0.469 e. The number of hydrogen-bond donors (Lipinski definition) is 1. The lowest BCUT2D eigenvalue weighted by molar-refractivity contribution is -0.00704. The van der Waals surface area contributed by atoms with Gasteiger partial charge in [-0.2, -0.15) is 5.10 Å². The number of nitrogens with zero attached hydrogens (tertiary/aromatic N) is 2. The quantitative estimate of drug-likeness (QED) is 0.863. The highest BCUT2D eigenvalue weighted by Crippen LogP contribution is 2.34. The van der Waals surface area contributed by atoms with Crippen molar-refractivity contribution >= 4 is 5.91 Å². The van der Waals surface area contributed by atoms with E-state index in [9.17, 15) is 4.79 Å². The molecule has 0 aliphatic carbocycles. The Morgan fingerprint density at radius 3 is 3.00 bits per heavy atom. The molecule has 1 N–H and O–H groups in total. The highest BCUT2D eigenvalue weighted by atomic mass is 16.5. The van der Waals surface area contributed by atoms with Crippen LogP contribution >= 0.6 is 0 Å². The van der Waals surface area contributed by atoms with Crippen molar-refractivity contribution in [3.8, 4) is 0 Å². The average molecular weight is 343 g/mol. The third-order valence-corrected chi connectivity index (χ3v) is 5.18. The molecule has 0 spiro atoms. The van der Waals surface area contributed by atoms with Crippen LogP contribution in [0.5, 0.6) is 0 Å². The molecule has 25 heavy (non-hydrogen) atoms. The summed E-state index contributed by atoms with van der Waals surface area (Å²) in [5.74, 6) is 0.973. The van der Waals surface area contributed by atoms with Crippen molar-refractivity contribution in [1.82, 2.24) is 15.1 Å². The lowest BCUT2D eigenvalue weighted by Gasteiger charge is -2.30. The summed E-state index contributed by atoms with van der Waals surface area (Å²) in [6.45, 7) is 9.61. The van der Waals surface area contributed by atoms with Crippen LogP contribution in [0, 0.1) is 5.41 Å². The van der Waals surface area contributed by atoms with Gasteiger partial charge in [0, 0.05) is 37.1 Å². The molecular weight excluding hydrogens is 318 g/mol. The van der Waals surface area contributed by atoms with Gasteiger partial charge in [0.05, 0.1) is 24.2 Å². The summed E-state index contributed by atoms with van der Waals surface area (Å²) in [7, 11) is 0. The standard InChI is InChI=1S/C19H25N3O3/c1-11-7-14-16(12(2)25-11)20-21-17(14)18(23)22-9-13-5-6-24-15(13)8-19(3,4)10-22/h5-6,11-12H,7-10H2,1-4H3,(H,20,21)/t11-,12+/m1/s1. The molecule has 0 bridgehead atoms. The van der Waals surface area contributed by atoms with Gasteiger partial charge < -0.3 is 14.1 Å². The summed E-state index contributed by atoms with van der Waals surface area (Å²) in [6, 6.07) is 1.97. The van der Waals surface area contributed by atoms with Crippen molar-refractivity contribution in [3.63, 3.8) is 0 Å². The third kappa shape index (κ3) is 2.88. The fraction of sp³-hybridized carbons (Fsp3) is 0.579. The molecule has 1 amide bonds. The van der Waals surface area contributed by atoms with Crippen LogP contribution in [-0.2, 0) is 24.1 Å². The molecule has 6 heteroatoms. The van der Waals surface area contributed by atoms with Gasteiger partial charge in [0.25, 0.3) is 5.91 Å². The second kappa shape index (κ2) is 5.73. The summed E-state index contributed by atoms with van der Waals surface area (Å²) >= 11 is 0. The van der Waals surface area contributed by atoms with Crippen LogP contribution in [0.1, 0.15) is 66.9 Å². The van der Waals surface area contributed by atoms with Crippen LogP contribution in [0.25, 0.3) is 0 Å². The molecule has 2 aromatic rings. The zero-order chi connectivity index (χ0) is 17.8. The van der Waals surface area contributed by atoms with Crippen molar-refractivity contribution < 1.29 is 13.9 Å². The Morgan fingerprint density at radius 2 is 2.20 bits per heavy atom. The average Bonchev–Trinajstić information content (AvgIpc) is 3.09. The molecule has 6 nitrogen and oxygen atoms in total. The van der Waals surface area contributed by atoms with E-state index in [4.69, 9.17) is 9.15 Å². The van der Waals surface area contributed by atoms with E-state index >= 15 is 0 Å². The first-order chi connectivity index (χ1) is 11.8. The third-order valence-electron chi connectivity index (χ3n) is 5.18. The molecule has 0 radical (unpaired) electrons. The van der Waals surface area contributed by atoms with Crippen LogP contribution in [0.4, 0.5) is 0 Å². The summed E-state index contributed by atoms with van der Waals surface area (Å²) in [6.07, 6.45) is 3.29. The number of nitrogens with one attached hydrogen (secondary N) is 1. The van der Waals surface area contributed by atoms with E-state index in [-0.39, 0.29) is 23.5 Å². The topological polar surface area (TPSA) is 71.4 Å². The van der Waals surface area contributed by atoms with Crippen LogP contribution in [0.2, 0.25) is 0 Å². The summed E-state index contributed by atoms with van der Waals surface area (Å²) < 4.78 is 11.5. The number of fused-ring (bicyclic) bond motifs is 2. The molecule has 0 saturated heterocycles. The van der Waals surface area contributed by atoms with Gasteiger partial charge in [-0.15, -0.1) is 0 Å². The lowest BCUT2D eigenvalue weighted by Crippen LogP contribution is -2.38. The Kier molecular flexibility index (Phi) is 3.76. The molecule has 0 saturated carbocycles. The van der Waals surface area contributed by atoms with E-state index in [2.05, 4.69) is 24.0 Å². The maximum atomic E-state index is 13.3. The minimum Gasteiger partial charge on any atom is -0.469 e. The number of carbonyl (C=O) groups excluding carboxylic acids is 1. The summed E-state index contributed by atoms with van der Waals surface area (Å²) in [4.78, 5) is 15.2. The molecule has 0 aromatic carbocycles. The smallest absolute Gasteiger partial charge is 0.274 e. The fourth-order valence-corrected chi connectivity index (χ4v) is 4.08. The predicted molar refractivity (Wildman–Crippen MR) is 92.2 cm³/mol. The molecule has 4 heterocycles. The van der Waals surface area contributed by atoms with Gasteiger partial charge in [-0.05, 0) is 25.3 Å². The van der Waals surface area contributed by atoms with Crippen molar-refractivity contribution in [1.29, 1.82) is 0 Å². The summed E-state index contributed by atoms with van der Waals surface area (Å²) in [5, 5.41) is 7.39. The van der Waals surface area contributed by atoms with Gasteiger partial charge >= 0.3 is 0 Å². The van der Waals surface area contributed by atoms with E-state index < -0.39 is 0 Å². The molecule has 0 unspecified atom stereocenters. The maximum Gasteiger partial charge on any atom is 0.274 e.